The smallest absolute Gasteiger partial charge is 0.255 e. The molecule has 0 unspecified atom stereocenters. The van der Waals surface area contributed by atoms with Crippen LogP contribution in [0.4, 0.5) is 10.1 Å². The van der Waals surface area contributed by atoms with Crippen LogP contribution in [-0.4, -0.2) is 20.6 Å². The number of hydrogen-bond acceptors (Lipinski definition) is 3. The molecule has 0 radical (unpaired) electrons. The molecule has 0 heterocycles. The number of benzene rings is 2. The van der Waals surface area contributed by atoms with E-state index >= 15 is 0 Å². The Kier molecular flexibility index (Phi) is 3.85. The maximum absolute atomic E-state index is 13.1. The third-order valence-corrected chi connectivity index (χ3v) is 3.78. The Labute approximate surface area is 116 Å². The van der Waals surface area contributed by atoms with Crippen LogP contribution in [0, 0.1) is 5.82 Å². The molecule has 0 atom stereocenters. The molecule has 2 rings (SSSR count). The van der Waals surface area contributed by atoms with Crippen molar-refractivity contribution in [3.63, 3.8) is 0 Å². The van der Waals surface area contributed by atoms with E-state index in [0.717, 1.165) is 12.3 Å². The van der Waals surface area contributed by atoms with Crippen LogP contribution >= 0.6 is 0 Å². The van der Waals surface area contributed by atoms with Crippen molar-refractivity contribution in [1.29, 1.82) is 0 Å². The minimum atomic E-state index is -3.46. The molecule has 4 nitrogen and oxygen atoms in total. The van der Waals surface area contributed by atoms with Gasteiger partial charge in [-0.15, -0.1) is 0 Å². The Balaban J connectivity index is 2.34. The number of halogens is 1. The molecule has 0 saturated heterocycles. The van der Waals surface area contributed by atoms with E-state index in [2.05, 4.69) is 5.32 Å². The van der Waals surface area contributed by atoms with Gasteiger partial charge in [-0.1, -0.05) is 18.2 Å². The summed E-state index contributed by atoms with van der Waals surface area (Å²) in [4.78, 5) is 12.0. The molecule has 1 N–H and O–H groups in total. The minimum Gasteiger partial charge on any atom is -0.321 e. The first-order valence-corrected chi connectivity index (χ1v) is 7.63. The first kappa shape index (κ1) is 14.2. The van der Waals surface area contributed by atoms with E-state index < -0.39 is 21.6 Å². The molecule has 0 aliphatic heterocycles. The molecule has 0 aromatic heterocycles. The summed E-state index contributed by atoms with van der Waals surface area (Å²) in [6.45, 7) is 0. The largest absolute Gasteiger partial charge is 0.321 e. The molecule has 0 fully saturated rings. The quantitative estimate of drug-likeness (QED) is 0.945. The zero-order valence-electron chi connectivity index (χ0n) is 10.6. The molecule has 0 aliphatic carbocycles. The Hall–Kier alpha value is -2.21. The van der Waals surface area contributed by atoms with Gasteiger partial charge in [-0.05, 0) is 30.3 Å². The van der Waals surface area contributed by atoms with Crippen molar-refractivity contribution < 1.29 is 17.6 Å². The van der Waals surface area contributed by atoms with E-state index in [4.69, 9.17) is 0 Å². The van der Waals surface area contributed by atoms with Crippen molar-refractivity contribution in [3.8, 4) is 0 Å². The second-order valence-corrected chi connectivity index (χ2v) is 6.22. The summed E-state index contributed by atoms with van der Waals surface area (Å²) >= 11 is 0. The highest BCUT2D eigenvalue weighted by Crippen LogP contribution is 2.21. The Bertz CT molecular complexity index is 757. The second kappa shape index (κ2) is 5.42. The number of carbonyl (C=O) groups excluding carboxylic acids is 1. The van der Waals surface area contributed by atoms with Crippen LogP contribution in [0.15, 0.2) is 53.4 Å². The lowest BCUT2D eigenvalue weighted by molar-refractivity contribution is 0.102. The van der Waals surface area contributed by atoms with Crippen LogP contribution in [0.1, 0.15) is 10.4 Å². The SMILES string of the molecule is CS(=O)(=O)c1ccccc1NC(=O)c1cccc(F)c1. The number of hydrogen-bond donors (Lipinski definition) is 1. The fourth-order valence-electron chi connectivity index (χ4n) is 1.72. The van der Waals surface area contributed by atoms with Gasteiger partial charge in [-0.3, -0.25) is 4.79 Å². The summed E-state index contributed by atoms with van der Waals surface area (Å²) in [6, 6.07) is 11.2. The molecule has 0 spiro atoms. The van der Waals surface area contributed by atoms with Crippen LogP contribution in [0.3, 0.4) is 0 Å². The van der Waals surface area contributed by atoms with Gasteiger partial charge in [0.15, 0.2) is 9.84 Å². The summed E-state index contributed by atoms with van der Waals surface area (Å²) in [5, 5.41) is 2.48. The number of nitrogens with one attached hydrogen (secondary N) is 1. The number of para-hydroxylation sites is 1. The van der Waals surface area contributed by atoms with E-state index in [1.54, 1.807) is 12.1 Å². The van der Waals surface area contributed by atoms with Gasteiger partial charge in [0.1, 0.15) is 5.82 Å². The first-order chi connectivity index (χ1) is 9.38. The Morgan fingerprint density at radius 2 is 1.80 bits per heavy atom. The molecule has 6 heteroatoms. The van der Waals surface area contributed by atoms with Gasteiger partial charge in [0.05, 0.1) is 10.6 Å². The van der Waals surface area contributed by atoms with Gasteiger partial charge in [-0.2, -0.15) is 0 Å². The average molecular weight is 293 g/mol. The number of sulfone groups is 1. The summed E-state index contributed by atoms with van der Waals surface area (Å²) in [7, 11) is -3.46. The first-order valence-electron chi connectivity index (χ1n) is 5.74. The fourth-order valence-corrected chi connectivity index (χ4v) is 2.56. The molecule has 20 heavy (non-hydrogen) atoms. The molecule has 104 valence electrons. The van der Waals surface area contributed by atoms with E-state index in [1.807, 2.05) is 0 Å². The summed E-state index contributed by atoms with van der Waals surface area (Å²) in [5.74, 6) is -1.10. The van der Waals surface area contributed by atoms with E-state index in [-0.39, 0.29) is 16.1 Å². The van der Waals surface area contributed by atoms with E-state index in [9.17, 15) is 17.6 Å². The standard InChI is InChI=1S/C14H12FNO3S/c1-20(18,19)13-8-3-2-7-12(13)16-14(17)10-5-4-6-11(15)9-10/h2-9H,1H3,(H,16,17). The summed E-state index contributed by atoms with van der Waals surface area (Å²) in [6.07, 6.45) is 1.06. The molecule has 1 amide bonds. The Morgan fingerprint density at radius 1 is 1.10 bits per heavy atom. The molecular weight excluding hydrogens is 281 g/mol. The predicted molar refractivity (Wildman–Crippen MR) is 73.9 cm³/mol. The van der Waals surface area contributed by atoms with Crippen molar-refractivity contribution in [2.45, 2.75) is 4.90 Å². The topological polar surface area (TPSA) is 63.2 Å². The number of anilines is 1. The van der Waals surface area contributed by atoms with Crippen LogP contribution in [0.25, 0.3) is 0 Å². The molecular formula is C14H12FNO3S. The zero-order chi connectivity index (χ0) is 14.8. The third-order valence-electron chi connectivity index (χ3n) is 2.62. The molecule has 2 aromatic carbocycles. The van der Waals surface area contributed by atoms with Crippen molar-refractivity contribution in [2.75, 3.05) is 11.6 Å². The average Bonchev–Trinajstić information content (AvgIpc) is 2.38. The van der Waals surface area contributed by atoms with Crippen molar-refractivity contribution in [2.24, 2.45) is 0 Å². The molecule has 0 aliphatic rings. The Morgan fingerprint density at radius 3 is 2.45 bits per heavy atom. The van der Waals surface area contributed by atoms with Crippen molar-refractivity contribution in [1.82, 2.24) is 0 Å². The highest BCUT2D eigenvalue weighted by Gasteiger charge is 2.15. The minimum absolute atomic E-state index is 0.0183. The predicted octanol–water partition coefficient (Wildman–Crippen LogP) is 2.48. The lowest BCUT2D eigenvalue weighted by atomic mass is 10.2. The van der Waals surface area contributed by atoms with E-state index in [0.29, 0.717) is 0 Å². The second-order valence-electron chi connectivity index (χ2n) is 4.23. The molecule has 0 saturated carbocycles. The lowest BCUT2D eigenvalue weighted by Crippen LogP contribution is -2.14. The van der Waals surface area contributed by atoms with Crippen LogP contribution < -0.4 is 5.32 Å². The molecule has 2 aromatic rings. The lowest BCUT2D eigenvalue weighted by Gasteiger charge is -2.09. The van der Waals surface area contributed by atoms with Crippen LogP contribution in [0.5, 0.6) is 0 Å². The number of rotatable bonds is 3. The number of amides is 1. The maximum atomic E-state index is 13.1. The van der Waals surface area contributed by atoms with Crippen molar-refractivity contribution >= 4 is 21.4 Å². The highest BCUT2D eigenvalue weighted by atomic mass is 32.2. The van der Waals surface area contributed by atoms with Gasteiger partial charge in [-0.25, -0.2) is 12.8 Å². The highest BCUT2D eigenvalue weighted by molar-refractivity contribution is 7.90. The van der Waals surface area contributed by atoms with Crippen molar-refractivity contribution in [3.05, 3.63) is 59.9 Å². The van der Waals surface area contributed by atoms with Gasteiger partial charge in [0.25, 0.3) is 5.91 Å². The summed E-state index contributed by atoms with van der Waals surface area (Å²) < 4.78 is 36.3. The maximum Gasteiger partial charge on any atom is 0.255 e. The normalized spacial score (nSPS) is 11.1. The van der Waals surface area contributed by atoms with Gasteiger partial charge in [0.2, 0.25) is 0 Å². The van der Waals surface area contributed by atoms with Crippen LogP contribution in [0.2, 0.25) is 0 Å². The fraction of sp³-hybridized carbons (Fsp3) is 0.0714. The van der Waals surface area contributed by atoms with Gasteiger partial charge >= 0.3 is 0 Å². The van der Waals surface area contributed by atoms with Crippen LogP contribution in [-0.2, 0) is 9.84 Å². The van der Waals surface area contributed by atoms with E-state index in [1.165, 1.54) is 30.3 Å². The molecule has 0 bridgehead atoms. The van der Waals surface area contributed by atoms with Gasteiger partial charge < -0.3 is 5.32 Å². The third kappa shape index (κ3) is 3.21. The zero-order valence-corrected chi connectivity index (χ0v) is 11.4. The van der Waals surface area contributed by atoms with Gasteiger partial charge in [0, 0.05) is 11.8 Å². The summed E-state index contributed by atoms with van der Waals surface area (Å²) in [5.41, 5.74) is 0.289. The monoisotopic (exact) mass is 293 g/mol. The number of carbonyl (C=O) groups is 1.